The van der Waals surface area contributed by atoms with Crippen molar-refractivity contribution >= 4 is 11.8 Å². The van der Waals surface area contributed by atoms with Crippen LogP contribution in [0.15, 0.2) is 22.8 Å². The zero-order valence-corrected chi connectivity index (χ0v) is 11.8. The molecule has 0 aromatic carbocycles. The van der Waals surface area contributed by atoms with E-state index in [2.05, 4.69) is 16.0 Å². The molecule has 2 atom stereocenters. The number of hydrogen-bond donors (Lipinski definition) is 3. The molecule has 2 unspecified atom stereocenters. The number of rotatable bonds is 5. The minimum absolute atomic E-state index is 0.00303. The van der Waals surface area contributed by atoms with E-state index in [9.17, 15) is 9.59 Å². The third-order valence-corrected chi connectivity index (χ3v) is 3.39. The average Bonchev–Trinajstić information content (AvgIpc) is 3.07. The lowest BCUT2D eigenvalue weighted by Gasteiger charge is -2.23. The van der Waals surface area contributed by atoms with E-state index in [0.717, 1.165) is 19.5 Å². The summed E-state index contributed by atoms with van der Waals surface area (Å²) in [5.41, 5.74) is 0. The van der Waals surface area contributed by atoms with Gasteiger partial charge in [-0.2, -0.15) is 0 Å². The third-order valence-electron chi connectivity index (χ3n) is 3.39. The van der Waals surface area contributed by atoms with Crippen LogP contribution in [0, 0.1) is 5.92 Å². The lowest BCUT2D eigenvalue weighted by Crippen LogP contribution is -2.52. The molecule has 3 N–H and O–H groups in total. The number of carbonyl (C=O) groups is 2. The second kappa shape index (κ2) is 6.56. The molecular weight excluding hydrogens is 258 g/mol. The van der Waals surface area contributed by atoms with Crippen LogP contribution in [0.1, 0.15) is 30.8 Å². The van der Waals surface area contributed by atoms with E-state index in [1.807, 2.05) is 13.8 Å². The van der Waals surface area contributed by atoms with E-state index in [0.29, 0.717) is 0 Å². The molecule has 1 aromatic heterocycles. The Morgan fingerprint density at radius 2 is 2.25 bits per heavy atom. The van der Waals surface area contributed by atoms with Gasteiger partial charge in [-0.05, 0) is 31.0 Å². The maximum atomic E-state index is 12.3. The maximum Gasteiger partial charge on any atom is 0.287 e. The summed E-state index contributed by atoms with van der Waals surface area (Å²) >= 11 is 0. The number of carbonyl (C=O) groups excluding carboxylic acids is 2. The molecule has 6 nitrogen and oxygen atoms in total. The van der Waals surface area contributed by atoms with Crippen molar-refractivity contribution in [2.24, 2.45) is 5.92 Å². The van der Waals surface area contributed by atoms with Gasteiger partial charge in [0.25, 0.3) is 5.91 Å². The van der Waals surface area contributed by atoms with Gasteiger partial charge in [-0.15, -0.1) is 0 Å². The standard InChI is InChI=1S/C14H21N3O3/c1-9(2)12(14(19)16-10-5-6-15-8-10)17-13(18)11-4-3-7-20-11/h3-4,7,9-10,12,15H,5-6,8H2,1-2H3,(H,16,19)(H,17,18). The van der Waals surface area contributed by atoms with E-state index >= 15 is 0 Å². The van der Waals surface area contributed by atoms with Crippen LogP contribution < -0.4 is 16.0 Å². The molecule has 1 saturated heterocycles. The number of furan rings is 1. The smallest absolute Gasteiger partial charge is 0.287 e. The molecule has 20 heavy (non-hydrogen) atoms. The Morgan fingerprint density at radius 3 is 2.80 bits per heavy atom. The van der Waals surface area contributed by atoms with Crippen molar-refractivity contribution in [3.8, 4) is 0 Å². The Labute approximate surface area is 118 Å². The van der Waals surface area contributed by atoms with Crippen LogP contribution in [0.25, 0.3) is 0 Å². The van der Waals surface area contributed by atoms with Gasteiger partial charge in [0.05, 0.1) is 6.26 Å². The highest BCUT2D eigenvalue weighted by Crippen LogP contribution is 2.07. The third kappa shape index (κ3) is 3.60. The second-order valence-electron chi connectivity index (χ2n) is 5.37. The Morgan fingerprint density at radius 1 is 1.45 bits per heavy atom. The molecule has 110 valence electrons. The summed E-state index contributed by atoms with van der Waals surface area (Å²) in [4.78, 5) is 24.2. The largest absolute Gasteiger partial charge is 0.459 e. The first-order valence-corrected chi connectivity index (χ1v) is 6.93. The van der Waals surface area contributed by atoms with Crippen molar-refractivity contribution in [1.29, 1.82) is 0 Å². The summed E-state index contributed by atoms with van der Waals surface area (Å²) in [7, 11) is 0. The SMILES string of the molecule is CC(C)C(NC(=O)c1ccco1)C(=O)NC1CCNC1. The lowest BCUT2D eigenvalue weighted by molar-refractivity contribution is -0.124. The molecule has 2 rings (SSSR count). The molecule has 0 radical (unpaired) electrons. The summed E-state index contributed by atoms with van der Waals surface area (Å²) < 4.78 is 5.04. The summed E-state index contributed by atoms with van der Waals surface area (Å²) in [5.74, 6) is -0.295. The van der Waals surface area contributed by atoms with Crippen LogP contribution in [0.5, 0.6) is 0 Å². The fraction of sp³-hybridized carbons (Fsp3) is 0.571. The van der Waals surface area contributed by atoms with Gasteiger partial charge >= 0.3 is 0 Å². The van der Waals surface area contributed by atoms with E-state index in [1.165, 1.54) is 6.26 Å². The zero-order valence-electron chi connectivity index (χ0n) is 11.8. The Kier molecular flexibility index (Phi) is 4.79. The van der Waals surface area contributed by atoms with Gasteiger partial charge in [0, 0.05) is 12.6 Å². The topological polar surface area (TPSA) is 83.4 Å². The van der Waals surface area contributed by atoms with Gasteiger partial charge in [-0.25, -0.2) is 0 Å². The van der Waals surface area contributed by atoms with Crippen molar-refractivity contribution in [3.05, 3.63) is 24.2 Å². The normalized spacial score (nSPS) is 19.9. The predicted molar refractivity (Wildman–Crippen MR) is 74.2 cm³/mol. The van der Waals surface area contributed by atoms with Gasteiger partial charge < -0.3 is 20.4 Å². The molecule has 1 aliphatic heterocycles. The van der Waals surface area contributed by atoms with Gasteiger partial charge in [0.1, 0.15) is 6.04 Å². The van der Waals surface area contributed by atoms with Crippen molar-refractivity contribution < 1.29 is 14.0 Å². The van der Waals surface area contributed by atoms with Crippen LogP contribution in [-0.2, 0) is 4.79 Å². The van der Waals surface area contributed by atoms with Gasteiger partial charge in [0.2, 0.25) is 5.91 Å². The Bertz CT molecular complexity index is 450. The van der Waals surface area contributed by atoms with Gasteiger partial charge in [-0.1, -0.05) is 13.8 Å². The molecule has 0 spiro atoms. The van der Waals surface area contributed by atoms with Crippen molar-refractivity contribution in [2.75, 3.05) is 13.1 Å². The molecule has 0 aliphatic carbocycles. The quantitative estimate of drug-likeness (QED) is 0.733. The minimum Gasteiger partial charge on any atom is -0.459 e. The summed E-state index contributed by atoms with van der Waals surface area (Å²) in [5, 5.41) is 8.88. The first-order chi connectivity index (χ1) is 9.58. The van der Waals surface area contributed by atoms with E-state index in [1.54, 1.807) is 12.1 Å². The van der Waals surface area contributed by atoms with E-state index < -0.39 is 6.04 Å². The van der Waals surface area contributed by atoms with Crippen LogP contribution in [-0.4, -0.2) is 37.0 Å². The Balaban J connectivity index is 1.95. The van der Waals surface area contributed by atoms with Crippen LogP contribution in [0.2, 0.25) is 0 Å². The molecule has 1 aromatic rings. The molecular formula is C14H21N3O3. The number of amides is 2. The van der Waals surface area contributed by atoms with E-state index in [-0.39, 0.29) is 29.5 Å². The molecule has 2 heterocycles. The predicted octanol–water partition coefficient (Wildman–Crippen LogP) is 0.512. The molecule has 2 amide bonds. The first-order valence-electron chi connectivity index (χ1n) is 6.93. The average molecular weight is 279 g/mol. The molecule has 0 bridgehead atoms. The number of nitrogens with one attached hydrogen (secondary N) is 3. The first kappa shape index (κ1) is 14.6. The maximum absolute atomic E-state index is 12.3. The van der Waals surface area contributed by atoms with Crippen LogP contribution >= 0.6 is 0 Å². The minimum atomic E-state index is -0.562. The fourth-order valence-electron chi connectivity index (χ4n) is 2.22. The fourth-order valence-corrected chi connectivity index (χ4v) is 2.22. The molecule has 6 heteroatoms. The molecule has 1 fully saturated rings. The van der Waals surface area contributed by atoms with Gasteiger partial charge in [-0.3, -0.25) is 9.59 Å². The summed E-state index contributed by atoms with van der Waals surface area (Å²) in [6.45, 7) is 5.50. The molecule has 1 aliphatic rings. The van der Waals surface area contributed by atoms with E-state index in [4.69, 9.17) is 4.42 Å². The zero-order chi connectivity index (χ0) is 14.5. The van der Waals surface area contributed by atoms with Crippen LogP contribution in [0.4, 0.5) is 0 Å². The highest BCUT2D eigenvalue weighted by atomic mass is 16.3. The second-order valence-corrected chi connectivity index (χ2v) is 5.37. The monoisotopic (exact) mass is 279 g/mol. The van der Waals surface area contributed by atoms with Crippen molar-refractivity contribution in [3.63, 3.8) is 0 Å². The van der Waals surface area contributed by atoms with Crippen molar-refractivity contribution in [2.45, 2.75) is 32.4 Å². The number of hydrogen-bond acceptors (Lipinski definition) is 4. The summed E-state index contributed by atoms with van der Waals surface area (Å²) in [6, 6.07) is 2.80. The van der Waals surface area contributed by atoms with Gasteiger partial charge in [0.15, 0.2) is 5.76 Å². The Hall–Kier alpha value is -1.82. The summed E-state index contributed by atoms with van der Waals surface area (Å²) in [6.07, 6.45) is 2.35. The molecule has 0 saturated carbocycles. The van der Waals surface area contributed by atoms with Crippen molar-refractivity contribution in [1.82, 2.24) is 16.0 Å². The highest BCUT2D eigenvalue weighted by molar-refractivity contribution is 5.95. The highest BCUT2D eigenvalue weighted by Gasteiger charge is 2.28. The van der Waals surface area contributed by atoms with Crippen LogP contribution in [0.3, 0.4) is 0 Å². The lowest BCUT2D eigenvalue weighted by atomic mass is 10.0.